The van der Waals surface area contributed by atoms with Crippen LogP contribution in [0.3, 0.4) is 0 Å². The van der Waals surface area contributed by atoms with Gasteiger partial charge in [0.25, 0.3) is 0 Å². The molecule has 6 aromatic carbocycles. The summed E-state index contributed by atoms with van der Waals surface area (Å²) in [4.78, 5) is 0. The zero-order valence-electron chi connectivity index (χ0n) is 24.7. The Morgan fingerprint density at radius 2 is 0.595 bits per heavy atom. The minimum absolute atomic E-state index is 0.911. The topological polar surface area (TPSA) is 38.0 Å². The zero-order chi connectivity index (χ0) is 29.2. The summed E-state index contributed by atoms with van der Waals surface area (Å²) in [6, 6.07) is 46.0. The van der Waals surface area contributed by atoms with E-state index in [1.165, 1.54) is 27.8 Å². The van der Waals surface area contributed by atoms with Crippen molar-refractivity contribution in [3.63, 3.8) is 0 Å². The minimum Gasteiger partial charge on any atom is -0.323 e. The average molecular weight is 545 g/mol. The van der Waals surface area contributed by atoms with Crippen molar-refractivity contribution in [2.45, 2.75) is 27.7 Å². The van der Waals surface area contributed by atoms with Crippen molar-refractivity contribution in [3.05, 3.63) is 150 Å². The number of nitrogen functional groups attached to an aromatic ring is 1. The molecule has 0 atom stereocenters. The predicted molar refractivity (Wildman–Crippen MR) is 180 cm³/mol. The molecule has 0 bridgehead atoms. The Labute approximate surface area is 249 Å². The van der Waals surface area contributed by atoms with Crippen LogP contribution >= 0.6 is 0 Å². The maximum Gasteiger partial charge on any atom is 0.0655 e. The van der Waals surface area contributed by atoms with Crippen molar-refractivity contribution in [2.24, 2.45) is 5.84 Å². The number of hydrazine groups is 1. The second-order valence-electron chi connectivity index (χ2n) is 11.2. The van der Waals surface area contributed by atoms with Gasteiger partial charge in [-0.25, -0.2) is 0 Å². The third-order valence-corrected chi connectivity index (χ3v) is 8.07. The molecule has 0 aliphatic carbocycles. The summed E-state index contributed by atoms with van der Waals surface area (Å²) in [5.41, 5.74) is 20.4. The molecule has 0 saturated heterocycles. The molecule has 0 aromatic heterocycles. The number of anilines is 1. The molecule has 42 heavy (non-hydrogen) atoms. The van der Waals surface area contributed by atoms with Crippen LogP contribution in [-0.2, 0) is 0 Å². The molecule has 206 valence electrons. The van der Waals surface area contributed by atoms with E-state index in [9.17, 15) is 0 Å². The first-order valence-electron chi connectivity index (χ1n) is 14.5. The molecule has 0 fully saturated rings. The highest BCUT2D eigenvalue weighted by molar-refractivity contribution is 6.14. The number of hydrogen-bond acceptors (Lipinski definition) is 2. The van der Waals surface area contributed by atoms with Gasteiger partial charge >= 0.3 is 0 Å². The Kier molecular flexibility index (Phi) is 7.48. The number of hydrogen-bond donors (Lipinski definition) is 2. The predicted octanol–water partition coefficient (Wildman–Crippen LogP) is 10.5. The first-order valence-corrected chi connectivity index (χ1v) is 14.5. The lowest BCUT2D eigenvalue weighted by atomic mass is 9.77. The number of rotatable bonds is 6. The minimum atomic E-state index is 0.911. The van der Waals surface area contributed by atoms with E-state index >= 15 is 0 Å². The van der Waals surface area contributed by atoms with Crippen LogP contribution < -0.4 is 11.3 Å². The van der Waals surface area contributed by atoms with E-state index in [0.717, 1.165) is 55.8 Å². The number of benzene rings is 6. The van der Waals surface area contributed by atoms with Crippen molar-refractivity contribution in [1.29, 1.82) is 0 Å². The summed E-state index contributed by atoms with van der Waals surface area (Å²) < 4.78 is 0. The quantitative estimate of drug-likeness (QED) is 0.162. The zero-order valence-corrected chi connectivity index (χ0v) is 24.7. The molecule has 0 unspecified atom stereocenters. The molecule has 6 rings (SSSR count). The summed E-state index contributed by atoms with van der Waals surface area (Å²) >= 11 is 0. The fourth-order valence-electron chi connectivity index (χ4n) is 5.82. The van der Waals surface area contributed by atoms with Crippen LogP contribution in [-0.4, -0.2) is 0 Å². The van der Waals surface area contributed by atoms with Gasteiger partial charge in [0.2, 0.25) is 0 Å². The maximum atomic E-state index is 6.57. The Morgan fingerprint density at radius 3 is 0.905 bits per heavy atom. The SMILES string of the molecule is Cc1ccc(-c2c(NN)c(-c3ccc(C)cc3)c(-c3ccc(C)cc3)c(-c3ccccc3)c2-c2ccc(C)cc2)cc1. The van der Waals surface area contributed by atoms with E-state index in [1.807, 2.05) is 0 Å². The van der Waals surface area contributed by atoms with E-state index in [4.69, 9.17) is 5.84 Å². The molecule has 0 heterocycles. The second kappa shape index (κ2) is 11.5. The molecule has 0 spiro atoms. The van der Waals surface area contributed by atoms with Crippen molar-refractivity contribution in [1.82, 2.24) is 0 Å². The van der Waals surface area contributed by atoms with Gasteiger partial charge in [-0.05, 0) is 61.1 Å². The van der Waals surface area contributed by atoms with Gasteiger partial charge in [-0.2, -0.15) is 0 Å². The summed E-state index contributed by atoms with van der Waals surface area (Å²) in [5, 5.41) is 0. The molecule has 3 N–H and O–H groups in total. The first kappa shape index (κ1) is 27.3. The van der Waals surface area contributed by atoms with Crippen molar-refractivity contribution >= 4 is 5.69 Å². The van der Waals surface area contributed by atoms with E-state index < -0.39 is 0 Å². The van der Waals surface area contributed by atoms with Crippen LogP contribution in [0.4, 0.5) is 5.69 Å². The van der Waals surface area contributed by atoms with Gasteiger partial charge in [0.05, 0.1) is 5.69 Å². The second-order valence-corrected chi connectivity index (χ2v) is 11.2. The lowest BCUT2D eigenvalue weighted by Gasteiger charge is -2.28. The molecule has 0 aliphatic rings. The van der Waals surface area contributed by atoms with E-state index in [2.05, 4.69) is 161 Å². The Balaban J connectivity index is 1.90. The summed E-state index contributed by atoms with van der Waals surface area (Å²) in [7, 11) is 0. The van der Waals surface area contributed by atoms with Crippen LogP contribution in [0.2, 0.25) is 0 Å². The van der Waals surface area contributed by atoms with Crippen molar-refractivity contribution in [3.8, 4) is 55.6 Å². The van der Waals surface area contributed by atoms with Gasteiger partial charge in [0.1, 0.15) is 0 Å². The van der Waals surface area contributed by atoms with Crippen molar-refractivity contribution in [2.75, 3.05) is 5.43 Å². The van der Waals surface area contributed by atoms with Gasteiger partial charge in [0.15, 0.2) is 0 Å². The summed E-state index contributed by atoms with van der Waals surface area (Å²) in [6.07, 6.45) is 0. The fraction of sp³-hybridized carbons (Fsp3) is 0.100. The largest absolute Gasteiger partial charge is 0.323 e. The molecule has 0 amide bonds. The molecular formula is C40H36N2. The Hall–Kier alpha value is -4.92. The third kappa shape index (κ3) is 5.13. The van der Waals surface area contributed by atoms with Crippen LogP contribution in [0.25, 0.3) is 55.6 Å². The highest BCUT2D eigenvalue weighted by Crippen LogP contribution is 2.54. The highest BCUT2D eigenvalue weighted by Gasteiger charge is 2.28. The molecule has 0 aliphatic heterocycles. The van der Waals surface area contributed by atoms with Crippen LogP contribution in [0.15, 0.2) is 127 Å². The van der Waals surface area contributed by atoms with Crippen molar-refractivity contribution < 1.29 is 0 Å². The Morgan fingerprint density at radius 1 is 0.333 bits per heavy atom. The molecular weight excluding hydrogens is 508 g/mol. The molecule has 0 saturated carbocycles. The van der Waals surface area contributed by atoms with E-state index in [-0.39, 0.29) is 0 Å². The molecule has 6 aromatic rings. The number of nitrogens with two attached hydrogens (primary N) is 1. The lowest BCUT2D eigenvalue weighted by Crippen LogP contribution is -2.12. The average Bonchev–Trinajstić information content (AvgIpc) is 3.02. The molecule has 2 nitrogen and oxygen atoms in total. The molecule has 2 heteroatoms. The maximum absolute atomic E-state index is 6.57. The standard InChI is InChI=1S/C40H36N2/c1-26-10-18-31(19-11-26)36-35(30-8-6-5-7-9-30)37(32-20-12-27(2)13-21-32)39(34-24-16-29(4)17-25-34)40(42-41)38(36)33-22-14-28(3)15-23-33/h5-25,42H,41H2,1-4H3. The number of nitrogens with one attached hydrogen (secondary N) is 1. The highest BCUT2D eigenvalue weighted by atomic mass is 15.2. The van der Waals surface area contributed by atoms with Gasteiger partial charge in [-0.1, -0.05) is 150 Å². The third-order valence-electron chi connectivity index (χ3n) is 8.07. The van der Waals surface area contributed by atoms with E-state index in [0.29, 0.717) is 0 Å². The van der Waals surface area contributed by atoms with Gasteiger partial charge < -0.3 is 5.43 Å². The van der Waals surface area contributed by atoms with Gasteiger partial charge in [-0.3, -0.25) is 5.84 Å². The van der Waals surface area contributed by atoms with Gasteiger partial charge in [-0.15, -0.1) is 0 Å². The number of aryl methyl sites for hydroxylation is 4. The molecule has 0 radical (unpaired) electrons. The smallest absolute Gasteiger partial charge is 0.0655 e. The summed E-state index contributed by atoms with van der Waals surface area (Å²) in [6.45, 7) is 8.52. The fourth-order valence-corrected chi connectivity index (χ4v) is 5.82. The first-order chi connectivity index (χ1) is 20.4. The van der Waals surface area contributed by atoms with Gasteiger partial charge in [0, 0.05) is 22.3 Å². The van der Waals surface area contributed by atoms with Crippen LogP contribution in [0.5, 0.6) is 0 Å². The van der Waals surface area contributed by atoms with Crippen LogP contribution in [0, 0.1) is 27.7 Å². The van der Waals surface area contributed by atoms with Crippen LogP contribution in [0.1, 0.15) is 22.3 Å². The Bertz CT molecular complexity index is 1710. The monoisotopic (exact) mass is 544 g/mol. The normalized spacial score (nSPS) is 11.0. The summed E-state index contributed by atoms with van der Waals surface area (Å²) in [5.74, 6) is 6.57. The lowest BCUT2D eigenvalue weighted by molar-refractivity contribution is 1.34. The van der Waals surface area contributed by atoms with E-state index in [1.54, 1.807) is 0 Å².